The van der Waals surface area contributed by atoms with Crippen LogP contribution in [0.4, 0.5) is 0 Å². The molecule has 0 rings (SSSR count). The van der Waals surface area contributed by atoms with Crippen molar-refractivity contribution < 1.29 is 10.2 Å². The zero-order valence-electron chi connectivity index (χ0n) is 9.58. The molecular formula is C10H24N2O2. The molecule has 0 aromatic carbocycles. The molecule has 0 bridgehead atoms. The van der Waals surface area contributed by atoms with Gasteiger partial charge in [-0.2, -0.15) is 0 Å². The van der Waals surface area contributed by atoms with E-state index in [1.807, 2.05) is 21.0 Å². The zero-order valence-corrected chi connectivity index (χ0v) is 9.58. The fraction of sp³-hybridized carbons (Fsp3) is 1.00. The molecule has 0 aromatic rings. The average molecular weight is 204 g/mol. The number of hydrogen-bond donors (Lipinski definition) is 3. The van der Waals surface area contributed by atoms with Crippen molar-refractivity contribution >= 4 is 0 Å². The molecule has 4 nitrogen and oxygen atoms in total. The Morgan fingerprint density at radius 3 is 2.14 bits per heavy atom. The van der Waals surface area contributed by atoms with E-state index in [2.05, 4.69) is 10.2 Å². The van der Waals surface area contributed by atoms with Crippen LogP contribution in [-0.2, 0) is 0 Å². The van der Waals surface area contributed by atoms with E-state index in [4.69, 9.17) is 10.2 Å². The predicted molar refractivity (Wildman–Crippen MR) is 58.4 cm³/mol. The average Bonchev–Trinajstić information content (AvgIpc) is 2.19. The highest BCUT2D eigenvalue weighted by atomic mass is 16.3. The molecule has 0 aliphatic carbocycles. The largest absolute Gasteiger partial charge is 0.394 e. The lowest BCUT2D eigenvalue weighted by molar-refractivity contribution is 0.0873. The number of nitrogens with one attached hydrogen (secondary N) is 1. The van der Waals surface area contributed by atoms with E-state index in [0.717, 1.165) is 25.9 Å². The van der Waals surface area contributed by atoms with E-state index in [9.17, 15) is 0 Å². The first-order chi connectivity index (χ1) is 6.60. The first-order valence-electron chi connectivity index (χ1n) is 5.21. The van der Waals surface area contributed by atoms with Crippen molar-refractivity contribution in [2.45, 2.75) is 25.3 Å². The Hall–Kier alpha value is -0.160. The molecule has 4 heteroatoms. The number of aliphatic hydroxyl groups excluding tert-OH is 2. The second kappa shape index (κ2) is 7.17. The Kier molecular flexibility index (Phi) is 7.09. The highest BCUT2D eigenvalue weighted by Crippen LogP contribution is 2.07. The van der Waals surface area contributed by atoms with Crippen LogP contribution in [0.2, 0.25) is 0 Å². The van der Waals surface area contributed by atoms with Crippen molar-refractivity contribution in [3.63, 3.8) is 0 Å². The predicted octanol–water partition coefficient (Wildman–Crippen LogP) is -0.339. The van der Waals surface area contributed by atoms with Gasteiger partial charge in [-0.15, -0.1) is 0 Å². The number of aliphatic hydroxyl groups is 2. The smallest absolute Gasteiger partial charge is 0.0645 e. The highest BCUT2D eigenvalue weighted by Gasteiger charge is 2.24. The molecule has 0 unspecified atom stereocenters. The van der Waals surface area contributed by atoms with E-state index in [1.165, 1.54) is 0 Å². The van der Waals surface area contributed by atoms with Crippen molar-refractivity contribution in [2.75, 3.05) is 40.4 Å². The first kappa shape index (κ1) is 13.8. The third kappa shape index (κ3) is 4.91. The highest BCUT2D eigenvalue weighted by molar-refractivity contribution is 4.85. The second-order valence-corrected chi connectivity index (χ2v) is 4.03. The summed E-state index contributed by atoms with van der Waals surface area (Å²) in [4.78, 5) is 2.12. The molecule has 0 amide bonds. The van der Waals surface area contributed by atoms with Crippen LogP contribution in [0.1, 0.15) is 19.8 Å². The summed E-state index contributed by atoms with van der Waals surface area (Å²) >= 11 is 0. The lowest BCUT2D eigenvalue weighted by Crippen LogP contribution is -2.51. The van der Waals surface area contributed by atoms with Gasteiger partial charge in [-0.3, -0.25) is 0 Å². The molecule has 0 heterocycles. The molecule has 14 heavy (non-hydrogen) atoms. The van der Waals surface area contributed by atoms with Crippen molar-refractivity contribution in [3.05, 3.63) is 0 Å². The van der Waals surface area contributed by atoms with E-state index in [-0.39, 0.29) is 13.2 Å². The van der Waals surface area contributed by atoms with Gasteiger partial charge in [0, 0.05) is 0 Å². The number of rotatable bonds is 8. The minimum Gasteiger partial charge on any atom is -0.394 e. The summed E-state index contributed by atoms with van der Waals surface area (Å²) in [5, 5.41) is 21.5. The Balaban J connectivity index is 3.71. The summed E-state index contributed by atoms with van der Waals surface area (Å²) in [7, 11) is 4.07. The molecule has 3 N–H and O–H groups in total. The van der Waals surface area contributed by atoms with Crippen LogP contribution in [-0.4, -0.2) is 61.1 Å². The standard InChI is InChI=1S/C10H24N2O2/c1-4-10(8-13,9-14)11-6-5-7-12(2)3/h11,13-14H,4-9H2,1-3H3. The van der Waals surface area contributed by atoms with Crippen molar-refractivity contribution in [1.82, 2.24) is 10.2 Å². The minimum atomic E-state index is -0.494. The van der Waals surface area contributed by atoms with Gasteiger partial charge in [0.2, 0.25) is 0 Å². The van der Waals surface area contributed by atoms with Gasteiger partial charge in [0.25, 0.3) is 0 Å². The van der Waals surface area contributed by atoms with Crippen LogP contribution < -0.4 is 5.32 Å². The lowest BCUT2D eigenvalue weighted by Gasteiger charge is -2.30. The van der Waals surface area contributed by atoms with E-state index in [0.29, 0.717) is 0 Å². The molecule has 0 saturated carbocycles. The minimum absolute atomic E-state index is 0.0119. The fourth-order valence-electron chi connectivity index (χ4n) is 1.26. The topological polar surface area (TPSA) is 55.7 Å². The SMILES string of the molecule is CCC(CO)(CO)NCCCN(C)C. The molecule has 0 aromatic heterocycles. The number of hydrogen-bond acceptors (Lipinski definition) is 4. The monoisotopic (exact) mass is 204 g/mol. The first-order valence-corrected chi connectivity index (χ1v) is 5.21. The van der Waals surface area contributed by atoms with Crippen LogP contribution in [0.15, 0.2) is 0 Å². The third-order valence-corrected chi connectivity index (χ3v) is 2.56. The molecule has 0 aliphatic heterocycles. The maximum Gasteiger partial charge on any atom is 0.0645 e. The molecule has 0 saturated heterocycles. The summed E-state index contributed by atoms with van der Waals surface area (Å²) in [6, 6.07) is 0. The number of nitrogens with zero attached hydrogens (tertiary/aromatic N) is 1. The van der Waals surface area contributed by atoms with Gasteiger partial charge in [0.15, 0.2) is 0 Å². The van der Waals surface area contributed by atoms with Crippen LogP contribution >= 0.6 is 0 Å². The van der Waals surface area contributed by atoms with Gasteiger partial charge in [-0.05, 0) is 40.0 Å². The zero-order chi connectivity index (χ0) is 11.0. The molecule has 0 spiro atoms. The van der Waals surface area contributed by atoms with Gasteiger partial charge in [-0.25, -0.2) is 0 Å². The normalized spacial score (nSPS) is 12.4. The molecule has 0 radical (unpaired) electrons. The van der Waals surface area contributed by atoms with Crippen LogP contribution in [0.25, 0.3) is 0 Å². The molecule has 0 fully saturated rings. The molecule has 86 valence electrons. The Labute approximate surface area is 86.9 Å². The Morgan fingerprint density at radius 1 is 1.21 bits per heavy atom. The maximum atomic E-state index is 9.15. The maximum absolute atomic E-state index is 9.15. The van der Waals surface area contributed by atoms with E-state index in [1.54, 1.807) is 0 Å². The third-order valence-electron chi connectivity index (χ3n) is 2.56. The van der Waals surface area contributed by atoms with Crippen LogP contribution in [0.3, 0.4) is 0 Å². The molecule has 0 aliphatic rings. The van der Waals surface area contributed by atoms with Gasteiger partial charge in [0.1, 0.15) is 0 Å². The van der Waals surface area contributed by atoms with Crippen molar-refractivity contribution in [2.24, 2.45) is 0 Å². The van der Waals surface area contributed by atoms with Gasteiger partial charge < -0.3 is 20.4 Å². The second-order valence-electron chi connectivity index (χ2n) is 4.03. The molecule has 0 atom stereocenters. The van der Waals surface area contributed by atoms with E-state index >= 15 is 0 Å². The van der Waals surface area contributed by atoms with Crippen molar-refractivity contribution in [1.29, 1.82) is 0 Å². The molecular weight excluding hydrogens is 180 g/mol. The summed E-state index contributed by atoms with van der Waals surface area (Å²) in [5.74, 6) is 0. The van der Waals surface area contributed by atoms with Crippen molar-refractivity contribution in [3.8, 4) is 0 Å². The summed E-state index contributed by atoms with van der Waals surface area (Å²) in [6.07, 6.45) is 1.76. The Morgan fingerprint density at radius 2 is 1.79 bits per heavy atom. The fourth-order valence-corrected chi connectivity index (χ4v) is 1.26. The summed E-state index contributed by atoms with van der Waals surface area (Å²) in [6.45, 7) is 3.78. The summed E-state index contributed by atoms with van der Waals surface area (Å²) in [5.41, 5.74) is -0.494. The van der Waals surface area contributed by atoms with Crippen LogP contribution in [0, 0.1) is 0 Å². The Bertz CT molecular complexity index is 128. The van der Waals surface area contributed by atoms with Gasteiger partial charge in [0.05, 0.1) is 18.8 Å². The lowest BCUT2D eigenvalue weighted by atomic mass is 9.98. The van der Waals surface area contributed by atoms with Gasteiger partial charge >= 0.3 is 0 Å². The van der Waals surface area contributed by atoms with Gasteiger partial charge in [-0.1, -0.05) is 6.92 Å². The quantitative estimate of drug-likeness (QED) is 0.474. The van der Waals surface area contributed by atoms with E-state index < -0.39 is 5.54 Å². The summed E-state index contributed by atoms with van der Waals surface area (Å²) < 4.78 is 0. The van der Waals surface area contributed by atoms with Crippen LogP contribution in [0.5, 0.6) is 0 Å².